The number of hydrogen-bond acceptors (Lipinski definition) is 4. The molecule has 7 heteroatoms. The average molecular weight is 294 g/mol. The molecule has 0 atom stereocenters. The molecule has 22 heavy (non-hydrogen) atoms. The zero-order chi connectivity index (χ0) is 15.4. The quantitative estimate of drug-likeness (QED) is 0.777. The lowest BCUT2D eigenvalue weighted by atomic mass is 10.2. The minimum absolute atomic E-state index is 0.343. The van der Waals surface area contributed by atoms with Crippen LogP contribution in [-0.2, 0) is 0 Å². The summed E-state index contributed by atoms with van der Waals surface area (Å²) in [5, 5.41) is 5.44. The number of amides is 2. The molecular formula is C15H14N6O. The van der Waals surface area contributed by atoms with E-state index in [2.05, 4.69) is 25.6 Å². The number of urea groups is 1. The predicted molar refractivity (Wildman–Crippen MR) is 83.0 cm³/mol. The molecule has 0 fully saturated rings. The minimum atomic E-state index is -0.343. The van der Waals surface area contributed by atoms with Crippen LogP contribution in [0.4, 0.5) is 16.2 Å². The van der Waals surface area contributed by atoms with Crippen molar-refractivity contribution in [1.82, 2.24) is 19.5 Å². The van der Waals surface area contributed by atoms with Gasteiger partial charge >= 0.3 is 6.03 Å². The van der Waals surface area contributed by atoms with Crippen LogP contribution in [0.15, 0.2) is 55.4 Å². The van der Waals surface area contributed by atoms with Crippen LogP contribution in [0.5, 0.6) is 0 Å². The first kappa shape index (κ1) is 13.7. The number of benzene rings is 1. The van der Waals surface area contributed by atoms with Gasteiger partial charge < -0.3 is 10.6 Å². The molecule has 0 aliphatic heterocycles. The van der Waals surface area contributed by atoms with Gasteiger partial charge in [0, 0.05) is 18.1 Å². The van der Waals surface area contributed by atoms with Crippen LogP contribution in [0.25, 0.3) is 5.95 Å². The van der Waals surface area contributed by atoms with Crippen LogP contribution in [-0.4, -0.2) is 25.6 Å². The highest BCUT2D eigenvalue weighted by Gasteiger charge is 2.04. The lowest BCUT2D eigenvalue weighted by molar-refractivity contribution is 0.262. The first-order valence-electron chi connectivity index (χ1n) is 6.66. The SMILES string of the molecule is Cc1cccc(NC(=O)Nc2cnc(-n3ccnc3)nc2)c1. The summed E-state index contributed by atoms with van der Waals surface area (Å²) < 4.78 is 1.68. The first-order valence-corrected chi connectivity index (χ1v) is 6.66. The Hall–Kier alpha value is -3.22. The standard InChI is InChI=1S/C15H14N6O/c1-11-3-2-4-12(7-11)19-15(22)20-13-8-17-14(18-9-13)21-6-5-16-10-21/h2-10H,1H3,(H2,19,20,22). The van der Waals surface area contributed by atoms with E-state index in [0.29, 0.717) is 11.6 Å². The minimum Gasteiger partial charge on any atom is -0.308 e. The summed E-state index contributed by atoms with van der Waals surface area (Å²) >= 11 is 0. The molecule has 0 unspecified atom stereocenters. The fourth-order valence-corrected chi connectivity index (χ4v) is 1.91. The number of nitrogens with one attached hydrogen (secondary N) is 2. The van der Waals surface area contributed by atoms with Gasteiger partial charge in [-0.1, -0.05) is 12.1 Å². The van der Waals surface area contributed by atoms with E-state index >= 15 is 0 Å². The number of nitrogens with zero attached hydrogens (tertiary/aromatic N) is 4. The molecule has 1 aromatic carbocycles. The molecule has 0 saturated carbocycles. The van der Waals surface area contributed by atoms with Crippen molar-refractivity contribution >= 4 is 17.4 Å². The van der Waals surface area contributed by atoms with E-state index in [0.717, 1.165) is 11.3 Å². The second-order valence-corrected chi connectivity index (χ2v) is 4.69. The Morgan fingerprint density at radius 3 is 2.59 bits per heavy atom. The second-order valence-electron chi connectivity index (χ2n) is 4.69. The van der Waals surface area contributed by atoms with E-state index in [9.17, 15) is 4.79 Å². The Bertz CT molecular complexity index is 767. The van der Waals surface area contributed by atoms with Crippen molar-refractivity contribution in [3.63, 3.8) is 0 Å². The molecule has 7 nitrogen and oxygen atoms in total. The molecule has 3 rings (SSSR count). The number of imidazole rings is 1. The van der Waals surface area contributed by atoms with Gasteiger partial charge in [-0.25, -0.2) is 19.7 Å². The van der Waals surface area contributed by atoms with E-state index in [-0.39, 0.29) is 6.03 Å². The highest BCUT2D eigenvalue weighted by atomic mass is 16.2. The number of hydrogen-bond donors (Lipinski definition) is 2. The zero-order valence-electron chi connectivity index (χ0n) is 11.9. The van der Waals surface area contributed by atoms with E-state index in [1.54, 1.807) is 23.3 Å². The molecule has 0 aliphatic rings. The van der Waals surface area contributed by atoms with Crippen molar-refractivity contribution in [3.05, 3.63) is 60.9 Å². The monoisotopic (exact) mass is 294 g/mol. The fourth-order valence-electron chi connectivity index (χ4n) is 1.91. The third-order valence-electron chi connectivity index (χ3n) is 2.91. The Morgan fingerprint density at radius 2 is 1.91 bits per heavy atom. The van der Waals surface area contributed by atoms with Gasteiger partial charge in [0.1, 0.15) is 6.33 Å². The molecule has 2 aromatic heterocycles. The third kappa shape index (κ3) is 3.26. The largest absolute Gasteiger partial charge is 0.323 e. The van der Waals surface area contributed by atoms with Crippen LogP contribution in [0, 0.1) is 6.92 Å². The lowest BCUT2D eigenvalue weighted by Gasteiger charge is -2.08. The maximum absolute atomic E-state index is 11.9. The Kier molecular flexibility index (Phi) is 3.78. The van der Waals surface area contributed by atoms with E-state index in [4.69, 9.17) is 0 Å². The first-order chi connectivity index (χ1) is 10.7. The van der Waals surface area contributed by atoms with E-state index in [1.165, 1.54) is 12.4 Å². The Labute approximate surface area is 127 Å². The summed E-state index contributed by atoms with van der Waals surface area (Å²) in [6.07, 6.45) is 8.07. The van der Waals surface area contributed by atoms with Gasteiger partial charge in [-0.2, -0.15) is 0 Å². The summed E-state index contributed by atoms with van der Waals surface area (Å²) in [6, 6.07) is 7.22. The summed E-state index contributed by atoms with van der Waals surface area (Å²) in [7, 11) is 0. The lowest BCUT2D eigenvalue weighted by Crippen LogP contribution is -2.19. The van der Waals surface area contributed by atoms with Crippen molar-refractivity contribution in [2.45, 2.75) is 6.92 Å². The summed E-state index contributed by atoms with van der Waals surface area (Å²) in [6.45, 7) is 1.96. The topological polar surface area (TPSA) is 84.7 Å². The van der Waals surface area contributed by atoms with Gasteiger partial charge in [0.15, 0.2) is 0 Å². The van der Waals surface area contributed by atoms with Crippen molar-refractivity contribution in [1.29, 1.82) is 0 Å². The van der Waals surface area contributed by atoms with Crippen molar-refractivity contribution in [3.8, 4) is 5.95 Å². The molecule has 2 amide bonds. The molecule has 0 bridgehead atoms. The maximum atomic E-state index is 11.9. The van der Waals surface area contributed by atoms with Crippen LogP contribution in [0.1, 0.15) is 5.56 Å². The van der Waals surface area contributed by atoms with Gasteiger partial charge in [-0.15, -0.1) is 0 Å². The molecular weight excluding hydrogens is 280 g/mol. The second kappa shape index (κ2) is 6.04. The van der Waals surface area contributed by atoms with Gasteiger partial charge in [0.2, 0.25) is 5.95 Å². The van der Waals surface area contributed by atoms with Gasteiger partial charge in [0.25, 0.3) is 0 Å². The number of anilines is 2. The number of carbonyl (C=O) groups excluding carboxylic acids is 1. The van der Waals surface area contributed by atoms with Crippen LogP contribution in [0.2, 0.25) is 0 Å². The van der Waals surface area contributed by atoms with Crippen molar-refractivity contribution in [2.75, 3.05) is 10.6 Å². The highest BCUT2D eigenvalue weighted by Crippen LogP contribution is 2.11. The molecule has 2 heterocycles. The molecule has 0 saturated heterocycles. The smallest absolute Gasteiger partial charge is 0.308 e. The molecule has 3 aromatic rings. The van der Waals surface area contributed by atoms with E-state index < -0.39 is 0 Å². The van der Waals surface area contributed by atoms with Crippen LogP contribution < -0.4 is 10.6 Å². The van der Waals surface area contributed by atoms with Crippen LogP contribution in [0.3, 0.4) is 0 Å². The zero-order valence-corrected chi connectivity index (χ0v) is 11.9. The van der Waals surface area contributed by atoms with E-state index in [1.807, 2.05) is 31.2 Å². The van der Waals surface area contributed by atoms with Gasteiger partial charge in [-0.05, 0) is 24.6 Å². The normalized spacial score (nSPS) is 10.2. The molecule has 0 spiro atoms. The van der Waals surface area contributed by atoms with Crippen molar-refractivity contribution in [2.24, 2.45) is 0 Å². The maximum Gasteiger partial charge on any atom is 0.323 e. The predicted octanol–water partition coefficient (Wildman–Crippen LogP) is 2.61. The molecule has 0 radical (unpaired) electrons. The third-order valence-corrected chi connectivity index (χ3v) is 2.91. The summed E-state index contributed by atoms with van der Waals surface area (Å²) in [4.78, 5) is 24.2. The highest BCUT2D eigenvalue weighted by molar-refractivity contribution is 5.99. The number of carbonyl (C=O) groups is 1. The number of rotatable bonds is 3. The summed E-state index contributed by atoms with van der Waals surface area (Å²) in [5.74, 6) is 0.488. The summed E-state index contributed by atoms with van der Waals surface area (Å²) in [5.41, 5.74) is 2.31. The fraction of sp³-hybridized carbons (Fsp3) is 0.0667. The Morgan fingerprint density at radius 1 is 1.14 bits per heavy atom. The molecule has 0 aliphatic carbocycles. The molecule has 2 N–H and O–H groups in total. The average Bonchev–Trinajstić information content (AvgIpc) is 3.02. The van der Waals surface area contributed by atoms with Crippen molar-refractivity contribution < 1.29 is 4.79 Å². The number of aryl methyl sites for hydroxylation is 1. The van der Waals surface area contributed by atoms with Gasteiger partial charge in [0.05, 0.1) is 18.1 Å². The number of aromatic nitrogens is 4. The van der Waals surface area contributed by atoms with Gasteiger partial charge in [-0.3, -0.25) is 4.57 Å². The molecule has 110 valence electrons. The van der Waals surface area contributed by atoms with Crippen LogP contribution >= 0.6 is 0 Å². The Balaban J connectivity index is 1.64.